The van der Waals surface area contributed by atoms with Crippen LogP contribution in [0, 0.1) is 5.82 Å². The first-order chi connectivity index (χ1) is 19.7. The molecule has 0 bridgehead atoms. The average molecular weight is 599 g/mol. The molecule has 0 spiro atoms. The smallest absolute Gasteiger partial charge is 0.263 e. The third-order valence-electron chi connectivity index (χ3n) is 8.20. The van der Waals surface area contributed by atoms with Crippen molar-refractivity contribution in [2.24, 2.45) is 0 Å². The van der Waals surface area contributed by atoms with Gasteiger partial charge in [0.05, 0.1) is 22.1 Å². The number of fused-ring (bicyclic) bond motifs is 1. The van der Waals surface area contributed by atoms with Crippen molar-refractivity contribution in [1.82, 2.24) is 29.5 Å². The number of aromatic nitrogens is 4. The SMILES string of the molecule is CN1CCN(C2CCC(n3nc(-c4ccc(NS(=O)(=O)c5ccccc5Cl)c(F)c4)c4c(N)ncnc43)CC2)CC1. The highest BCUT2D eigenvalue weighted by atomic mass is 35.5. The van der Waals surface area contributed by atoms with Gasteiger partial charge in [-0.2, -0.15) is 5.10 Å². The topological polar surface area (TPSA) is 122 Å². The summed E-state index contributed by atoms with van der Waals surface area (Å²) in [6.45, 7) is 4.39. The third-order valence-corrected chi connectivity index (χ3v) is 10.1. The molecule has 0 radical (unpaired) electrons. The predicted octanol–water partition coefficient (Wildman–Crippen LogP) is 4.40. The fourth-order valence-corrected chi connectivity index (χ4v) is 7.50. The van der Waals surface area contributed by atoms with E-state index in [4.69, 9.17) is 22.4 Å². The minimum atomic E-state index is -4.10. The van der Waals surface area contributed by atoms with Crippen LogP contribution in [0.2, 0.25) is 5.02 Å². The highest BCUT2D eigenvalue weighted by molar-refractivity contribution is 7.92. The maximum atomic E-state index is 15.3. The van der Waals surface area contributed by atoms with E-state index in [1.54, 1.807) is 18.2 Å². The maximum Gasteiger partial charge on any atom is 0.263 e. The summed E-state index contributed by atoms with van der Waals surface area (Å²) in [6.07, 6.45) is 5.46. The van der Waals surface area contributed by atoms with Crippen LogP contribution in [0.4, 0.5) is 15.9 Å². The Morgan fingerprint density at radius 1 is 1.00 bits per heavy atom. The Labute approximate surface area is 243 Å². The Bertz CT molecular complexity index is 1680. The molecule has 41 heavy (non-hydrogen) atoms. The number of nitrogen functional groups attached to an aromatic ring is 1. The zero-order chi connectivity index (χ0) is 28.7. The molecule has 216 valence electrons. The number of benzene rings is 2. The van der Waals surface area contributed by atoms with E-state index in [0.29, 0.717) is 28.3 Å². The Kier molecular flexibility index (Phi) is 7.58. The van der Waals surface area contributed by atoms with E-state index in [1.165, 1.54) is 30.6 Å². The molecular formula is C28H32ClFN8O2S. The molecule has 0 atom stereocenters. The van der Waals surface area contributed by atoms with E-state index in [9.17, 15) is 8.42 Å². The van der Waals surface area contributed by atoms with Crippen LogP contribution in [0.5, 0.6) is 0 Å². The first kappa shape index (κ1) is 27.8. The quantitative estimate of drug-likeness (QED) is 0.335. The summed E-state index contributed by atoms with van der Waals surface area (Å²) in [5, 5.41) is 5.48. The van der Waals surface area contributed by atoms with E-state index in [1.807, 2.05) is 4.68 Å². The molecular weight excluding hydrogens is 567 g/mol. The van der Waals surface area contributed by atoms with Crippen molar-refractivity contribution in [3.05, 3.63) is 59.6 Å². The van der Waals surface area contributed by atoms with Crippen molar-refractivity contribution < 1.29 is 12.8 Å². The van der Waals surface area contributed by atoms with Crippen molar-refractivity contribution in [2.75, 3.05) is 43.7 Å². The van der Waals surface area contributed by atoms with Gasteiger partial charge in [-0.3, -0.25) is 9.62 Å². The van der Waals surface area contributed by atoms with Crippen LogP contribution in [0.1, 0.15) is 31.7 Å². The lowest BCUT2D eigenvalue weighted by Crippen LogP contribution is -2.49. The van der Waals surface area contributed by atoms with E-state index < -0.39 is 15.8 Å². The molecule has 2 aromatic carbocycles. The van der Waals surface area contributed by atoms with E-state index in [-0.39, 0.29) is 27.5 Å². The third kappa shape index (κ3) is 5.49. The Morgan fingerprint density at radius 3 is 2.41 bits per heavy atom. The van der Waals surface area contributed by atoms with Crippen LogP contribution >= 0.6 is 11.6 Å². The van der Waals surface area contributed by atoms with Crippen LogP contribution in [-0.4, -0.2) is 77.2 Å². The summed E-state index contributed by atoms with van der Waals surface area (Å²) in [6, 6.07) is 10.9. The van der Waals surface area contributed by atoms with E-state index in [2.05, 4.69) is 31.5 Å². The molecule has 1 aliphatic heterocycles. The number of halogens is 2. The lowest BCUT2D eigenvalue weighted by Gasteiger charge is -2.41. The summed E-state index contributed by atoms with van der Waals surface area (Å²) in [5.74, 6) is -0.504. The molecule has 0 amide bonds. The number of piperazine rings is 1. The fourth-order valence-electron chi connectivity index (χ4n) is 5.91. The Hall–Kier alpha value is -3.32. The number of hydrogen-bond donors (Lipinski definition) is 2. The van der Waals surface area contributed by atoms with Crippen LogP contribution in [0.3, 0.4) is 0 Å². The molecule has 10 nitrogen and oxygen atoms in total. The van der Waals surface area contributed by atoms with Crippen LogP contribution in [0.15, 0.2) is 53.7 Å². The zero-order valence-electron chi connectivity index (χ0n) is 22.7. The van der Waals surface area contributed by atoms with Crippen LogP contribution in [0.25, 0.3) is 22.3 Å². The predicted molar refractivity (Wildman–Crippen MR) is 158 cm³/mol. The monoisotopic (exact) mass is 598 g/mol. The molecule has 2 fully saturated rings. The molecule has 3 heterocycles. The fraction of sp³-hybridized carbons (Fsp3) is 0.393. The van der Waals surface area contributed by atoms with Gasteiger partial charge in [-0.05, 0) is 57.0 Å². The number of anilines is 2. The largest absolute Gasteiger partial charge is 0.383 e. The van der Waals surface area contributed by atoms with Gasteiger partial charge in [0, 0.05) is 37.8 Å². The number of rotatable bonds is 6. The number of likely N-dealkylation sites (N-methyl/N-ethyl adjacent to an activating group) is 1. The molecule has 0 unspecified atom stereocenters. The van der Waals surface area contributed by atoms with Crippen molar-refractivity contribution in [1.29, 1.82) is 0 Å². The van der Waals surface area contributed by atoms with Gasteiger partial charge in [0.2, 0.25) is 0 Å². The van der Waals surface area contributed by atoms with Gasteiger partial charge < -0.3 is 10.6 Å². The van der Waals surface area contributed by atoms with Crippen molar-refractivity contribution in [3.63, 3.8) is 0 Å². The second kappa shape index (κ2) is 11.2. The summed E-state index contributed by atoms with van der Waals surface area (Å²) in [4.78, 5) is 13.5. The molecule has 1 saturated carbocycles. The molecule has 6 rings (SSSR count). The average Bonchev–Trinajstić information content (AvgIpc) is 3.36. The van der Waals surface area contributed by atoms with Crippen molar-refractivity contribution >= 4 is 44.2 Å². The van der Waals surface area contributed by atoms with Gasteiger partial charge in [0.25, 0.3) is 10.0 Å². The number of hydrogen-bond acceptors (Lipinski definition) is 8. The molecule has 13 heteroatoms. The zero-order valence-corrected chi connectivity index (χ0v) is 24.2. The van der Waals surface area contributed by atoms with E-state index >= 15 is 4.39 Å². The van der Waals surface area contributed by atoms with Crippen LogP contribution in [-0.2, 0) is 10.0 Å². The summed E-state index contributed by atoms with van der Waals surface area (Å²) >= 11 is 6.06. The van der Waals surface area contributed by atoms with Gasteiger partial charge in [-0.25, -0.2) is 27.5 Å². The molecule has 1 aliphatic carbocycles. The molecule has 1 saturated heterocycles. The summed E-state index contributed by atoms with van der Waals surface area (Å²) in [5.41, 5.74) is 7.59. The van der Waals surface area contributed by atoms with Crippen molar-refractivity contribution in [3.8, 4) is 11.3 Å². The summed E-state index contributed by atoms with van der Waals surface area (Å²) in [7, 11) is -1.93. The molecule has 2 aromatic heterocycles. The molecule has 2 aliphatic rings. The minimum absolute atomic E-state index is 0.0436. The number of nitrogens with two attached hydrogens (primary N) is 1. The Balaban J connectivity index is 1.27. The lowest BCUT2D eigenvalue weighted by atomic mass is 9.90. The van der Waals surface area contributed by atoms with Gasteiger partial charge in [-0.1, -0.05) is 29.8 Å². The van der Waals surface area contributed by atoms with Crippen molar-refractivity contribution in [2.45, 2.75) is 42.7 Å². The lowest BCUT2D eigenvalue weighted by molar-refractivity contribution is 0.0815. The standard InChI is InChI=1S/C28H32ClFN8O2S/c1-36-12-14-37(15-13-36)19-7-9-20(10-8-19)38-28-25(27(31)32-17-33-28)26(34-38)18-6-11-23(22(30)16-18)35-41(39,40)24-5-3-2-4-21(24)29/h2-6,11,16-17,19-20,35H,7-10,12-15H2,1H3,(H2,31,32,33). The summed E-state index contributed by atoms with van der Waals surface area (Å²) < 4.78 is 45.2. The second-order valence-electron chi connectivity index (χ2n) is 10.8. The second-order valence-corrected chi connectivity index (χ2v) is 12.8. The maximum absolute atomic E-state index is 15.3. The first-order valence-corrected chi connectivity index (χ1v) is 15.6. The number of nitrogens with one attached hydrogen (secondary N) is 1. The highest BCUT2D eigenvalue weighted by Crippen LogP contribution is 2.38. The van der Waals surface area contributed by atoms with Gasteiger partial charge in [0.1, 0.15) is 28.6 Å². The molecule has 4 aromatic rings. The number of sulfonamides is 1. The minimum Gasteiger partial charge on any atom is -0.383 e. The normalized spacial score (nSPS) is 20.9. The van der Waals surface area contributed by atoms with Gasteiger partial charge in [-0.15, -0.1) is 0 Å². The van der Waals surface area contributed by atoms with Crippen LogP contribution < -0.4 is 10.5 Å². The molecule has 3 N–H and O–H groups in total. The van der Waals surface area contributed by atoms with Gasteiger partial charge >= 0.3 is 0 Å². The Morgan fingerprint density at radius 2 is 1.71 bits per heavy atom. The number of nitrogens with zero attached hydrogens (tertiary/aromatic N) is 6. The van der Waals surface area contributed by atoms with Gasteiger partial charge in [0.15, 0.2) is 5.65 Å². The highest BCUT2D eigenvalue weighted by Gasteiger charge is 2.31. The van der Waals surface area contributed by atoms with E-state index in [0.717, 1.165) is 51.9 Å². The first-order valence-electron chi connectivity index (χ1n) is 13.7.